The summed E-state index contributed by atoms with van der Waals surface area (Å²) in [6.07, 6.45) is 2.73. The summed E-state index contributed by atoms with van der Waals surface area (Å²) in [5.74, 6) is -1.07. The van der Waals surface area contributed by atoms with E-state index in [2.05, 4.69) is 0 Å². The molecule has 1 aliphatic carbocycles. The Hall–Kier alpha value is -1.50. The molecule has 1 heterocycles. The van der Waals surface area contributed by atoms with Crippen molar-refractivity contribution in [3.63, 3.8) is 0 Å². The predicted octanol–water partition coefficient (Wildman–Crippen LogP) is 2.55. The van der Waals surface area contributed by atoms with Crippen molar-refractivity contribution in [3.8, 4) is 0 Å². The molecule has 1 aromatic carbocycles. The molecule has 3 rings (SSSR count). The molecule has 0 N–H and O–H groups in total. The van der Waals surface area contributed by atoms with Crippen LogP contribution in [0.5, 0.6) is 0 Å². The number of rotatable bonds is 5. The number of benzene rings is 1. The number of carbonyl (C=O) groups is 2. The molecule has 1 aromatic rings. The smallest absolute Gasteiger partial charge is 0.233 e. The normalized spacial score (nSPS) is 24.8. The van der Waals surface area contributed by atoms with E-state index in [4.69, 9.17) is 15.8 Å². The minimum atomic E-state index is -1.61. The van der Waals surface area contributed by atoms with Crippen molar-refractivity contribution < 1.29 is 18.0 Å². The summed E-state index contributed by atoms with van der Waals surface area (Å²) in [6, 6.07) is 7.18. The zero-order valence-corrected chi connectivity index (χ0v) is 14.8. The van der Waals surface area contributed by atoms with Gasteiger partial charge >= 0.3 is 0 Å². The fourth-order valence-corrected chi connectivity index (χ4v) is 4.01. The van der Waals surface area contributed by atoms with Crippen molar-refractivity contribution in [1.29, 1.82) is 0 Å². The van der Waals surface area contributed by atoms with E-state index in [9.17, 15) is 13.8 Å². The topological polar surface area (TPSA) is 63.7 Å². The molecular weight excluding hydrogens is 350 g/mol. The second-order valence-corrected chi connectivity index (χ2v) is 7.66. The van der Waals surface area contributed by atoms with Crippen molar-refractivity contribution in [2.45, 2.75) is 24.7 Å². The molecule has 0 saturated carbocycles. The van der Waals surface area contributed by atoms with Gasteiger partial charge in [0, 0.05) is 5.03 Å². The minimum Gasteiger partial charge on any atom is -0.285 e. The van der Waals surface area contributed by atoms with Crippen molar-refractivity contribution in [2.75, 3.05) is 13.2 Å². The van der Waals surface area contributed by atoms with Crippen molar-refractivity contribution in [3.05, 3.63) is 40.9 Å². The lowest BCUT2D eigenvalue weighted by Gasteiger charge is -2.17. The largest absolute Gasteiger partial charge is 0.285 e. The number of imide groups is 1. The van der Waals surface area contributed by atoms with Crippen LogP contribution in [0.2, 0.25) is 0 Å². The van der Waals surface area contributed by atoms with Crippen molar-refractivity contribution in [1.82, 2.24) is 4.90 Å². The van der Waals surface area contributed by atoms with Gasteiger partial charge in [-0.3, -0.25) is 18.7 Å². The third kappa shape index (κ3) is 3.45. The fraction of sp³-hybridized carbons (Fsp3) is 0.412. The molecule has 1 saturated heterocycles. The Morgan fingerprint density at radius 2 is 1.88 bits per heavy atom. The van der Waals surface area contributed by atoms with E-state index < -0.39 is 11.1 Å². The Bertz CT molecular complexity index is 716. The molecule has 0 radical (unpaired) electrons. The van der Waals surface area contributed by atoms with E-state index in [1.54, 1.807) is 18.2 Å². The van der Waals surface area contributed by atoms with Gasteiger partial charge in [0.2, 0.25) is 11.8 Å². The van der Waals surface area contributed by atoms with Crippen LogP contribution in [0.1, 0.15) is 18.4 Å². The summed E-state index contributed by atoms with van der Waals surface area (Å²) in [7, 11) is 0. The number of amides is 2. The Balaban J connectivity index is 1.55. The number of likely N-dealkylation sites (tertiary alicyclic amines) is 1. The first-order valence-corrected chi connectivity index (χ1v) is 9.24. The molecule has 3 atom stereocenters. The number of hydrogen-bond donors (Lipinski definition) is 0. The number of allylic oxidation sites excluding steroid dienone is 2. The number of aryl methyl sites for hydroxylation is 1. The Kier molecular flexibility index (Phi) is 5.18. The van der Waals surface area contributed by atoms with Crippen LogP contribution in [0.15, 0.2) is 40.3 Å². The Morgan fingerprint density at radius 3 is 2.58 bits per heavy atom. The summed E-state index contributed by atoms with van der Waals surface area (Å²) in [5, 5.41) is 0.635. The number of hydrogen-bond acceptors (Lipinski definition) is 4. The third-order valence-electron chi connectivity index (χ3n) is 4.38. The van der Waals surface area contributed by atoms with Crippen LogP contribution in [0, 0.1) is 18.8 Å². The number of fused-ring (bicyclic) bond motifs is 1. The summed E-state index contributed by atoms with van der Waals surface area (Å²) in [4.78, 5) is 26.5. The van der Waals surface area contributed by atoms with E-state index in [0.29, 0.717) is 22.8 Å². The highest BCUT2D eigenvalue weighted by Gasteiger charge is 2.48. The van der Waals surface area contributed by atoms with Gasteiger partial charge in [0.25, 0.3) is 0 Å². The van der Waals surface area contributed by atoms with Gasteiger partial charge < -0.3 is 0 Å². The second kappa shape index (κ2) is 7.17. The predicted molar refractivity (Wildman–Crippen MR) is 90.4 cm³/mol. The molecular formula is C17H18ClNO4S. The van der Waals surface area contributed by atoms with Crippen LogP contribution in [-0.2, 0) is 24.9 Å². The van der Waals surface area contributed by atoms with Gasteiger partial charge in [0.1, 0.15) is 0 Å². The molecule has 1 aliphatic heterocycles. The summed E-state index contributed by atoms with van der Waals surface area (Å²) in [5.41, 5.74) is 1.07. The average Bonchev–Trinajstić information content (AvgIpc) is 2.79. The van der Waals surface area contributed by atoms with Crippen LogP contribution < -0.4 is 0 Å². The van der Waals surface area contributed by atoms with Gasteiger partial charge in [-0.25, -0.2) is 4.21 Å². The molecule has 0 aromatic heterocycles. The summed E-state index contributed by atoms with van der Waals surface area (Å²) in [6.45, 7) is 2.09. The first-order valence-electron chi connectivity index (χ1n) is 7.79. The van der Waals surface area contributed by atoms with Gasteiger partial charge in [-0.1, -0.05) is 35.4 Å². The minimum absolute atomic E-state index is 0.0402. The van der Waals surface area contributed by atoms with Gasteiger partial charge in [0.05, 0.1) is 29.9 Å². The van der Waals surface area contributed by atoms with E-state index in [0.717, 1.165) is 5.56 Å². The zero-order chi connectivity index (χ0) is 17.3. The maximum atomic E-state index is 12.4. The van der Waals surface area contributed by atoms with Crippen molar-refractivity contribution >= 4 is 34.5 Å². The van der Waals surface area contributed by atoms with Crippen LogP contribution in [0.4, 0.5) is 0 Å². The third-order valence-corrected chi connectivity index (χ3v) is 5.73. The SMILES string of the molecule is Cc1ccc([S@](=O)OCCN2C(=O)[C@@H]3CC=C(Cl)C[C@H]3C2=O)cc1. The van der Waals surface area contributed by atoms with Crippen molar-refractivity contribution in [2.24, 2.45) is 11.8 Å². The summed E-state index contributed by atoms with van der Waals surface area (Å²) < 4.78 is 17.3. The molecule has 2 aliphatic rings. The molecule has 0 bridgehead atoms. The maximum absolute atomic E-state index is 12.4. The molecule has 128 valence electrons. The lowest BCUT2D eigenvalue weighted by atomic mass is 9.85. The van der Waals surface area contributed by atoms with Gasteiger partial charge in [-0.15, -0.1) is 0 Å². The molecule has 5 nitrogen and oxygen atoms in total. The van der Waals surface area contributed by atoms with Gasteiger partial charge in [-0.05, 0) is 31.9 Å². The van der Waals surface area contributed by atoms with Crippen LogP contribution in [0.25, 0.3) is 0 Å². The van der Waals surface area contributed by atoms with Crippen LogP contribution in [0.3, 0.4) is 0 Å². The number of carbonyl (C=O) groups excluding carboxylic acids is 2. The first kappa shape index (κ1) is 17.3. The van der Waals surface area contributed by atoms with Gasteiger partial charge in [0.15, 0.2) is 11.1 Å². The Morgan fingerprint density at radius 1 is 1.21 bits per heavy atom. The second-order valence-electron chi connectivity index (χ2n) is 6.00. The highest BCUT2D eigenvalue weighted by atomic mass is 35.5. The zero-order valence-electron chi connectivity index (χ0n) is 13.2. The monoisotopic (exact) mass is 367 g/mol. The molecule has 0 spiro atoms. The number of nitrogens with zero attached hydrogens (tertiary/aromatic N) is 1. The fourth-order valence-electron chi connectivity index (χ4n) is 3.04. The first-order chi connectivity index (χ1) is 11.5. The van der Waals surface area contributed by atoms with Crippen LogP contribution in [-0.4, -0.2) is 34.1 Å². The molecule has 24 heavy (non-hydrogen) atoms. The summed E-state index contributed by atoms with van der Waals surface area (Å²) >= 11 is 4.37. The van der Waals surface area contributed by atoms with E-state index in [1.807, 2.05) is 19.1 Å². The molecule has 1 fully saturated rings. The van der Waals surface area contributed by atoms with Crippen LogP contribution >= 0.6 is 11.6 Å². The van der Waals surface area contributed by atoms with Gasteiger partial charge in [-0.2, -0.15) is 0 Å². The quantitative estimate of drug-likeness (QED) is 0.750. The molecule has 7 heteroatoms. The highest BCUT2D eigenvalue weighted by molar-refractivity contribution is 7.80. The lowest BCUT2D eigenvalue weighted by Crippen LogP contribution is -2.34. The van der Waals surface area contributed by atoms with E-state index in [-0.39, 0.29) is 36.8 Å². The van der Waals surface area contributed by atoms with E-state index >= 15 is 0 Å². The number of halogens is 1. The average molecular weight is 368 g/mol. The highest BCUT2D eigenvalue weighted by Crippen LogP contribution is 2.38. The standard InChI is InChI=1S/C17H18ClNO4S/c1-11-2-5-13(6-3-11)24(22)23-9-8-19-16(20)14-7-4-12(18)10-15(14)17(19)21/h2-6,14-15H,7-10H2,1H3/t14-,15-,24-/m1/s1. The van der Waals surface area contributed by atoms with E-state index in [1.165, 1.54) is 4.90 Å². The lowest BCUT2D eigenvalue weighted by molar-refractivity contribution is -0.140. The molecule has 0 unspecified atom stereocenters. The Labute approximate surface area is 148 Å². The molecule has 2 amide bonds. The maximum Gasteiger partial charge on any atom is 0.233 e.